The van der Waals surface area contributed by atoms with Crippen LogP contribution < -0.4 is 4.74 Å². The molecule has 0 aliphatic rings. The highest BCUT2D eigenvalue weighted by molar-refractivity contribution is 14.1. The van der Waals surface area contributed by atoms with Crippen molar-refractivity contribution in [1.82, 2.24) is 9.97 Å². The molecule has 4 heteroatoms. The molecule has 0 saturated heterocycles. The van der Waals surface area contributed by atoms with Crippen LogP contribution in [0.3, 0.4) is 0 Å². The van der Waals surface area contributed by atoms with Gasteiger partial charge in [-0.15, -0.1) is 0 Å². The number of rotatable bonds is 2. The molecule has 18 heavy (non-hydrogen) atoms. The number of ether oxygens (including phenoxy) is 1. The Labute approximate surface area is 118 Å². The maximum atomic E-state index is 5.64. The van der Waals surface area contributed by atoms with Gasteiger partial charge in [-0.3, -0.25) is 0 Å². The van der Waals surface area contributed by atoms with Crippen LogP contribution >= 0.6 is 22.6 Å². The first kappa shape index (κ1) is 11.4. The first-order valence-corrected chi connectivity index (χ1v) is 6.54. The molecule has 3 nitrogen and oxygen atoms in total. The fourth-order valence-corrected chi connectivity index (χ4v) is 2.15. The molecular formula is C14H9IN2O. The molecule has 1 aromatic heterocycles. The lowest BCUT2D eigenvalue weighted by Crippen LogP contribution is -1.92. The van der Waals surface area contributed by atoms with Crippen molar-refractivity contribution in [2.24, 2.45) is 0 Å². The lowest BCUT2D eigenvalue weighted by Gasteiger charge is -2.04. The topological polar surface area (TPSA) is 35.0 Å². The second kappa shape index (κ2) is 4.89. The number of benzene rings is 2. The van der Waals surface area contributed by atoms with Crippen LogP contribution in [-0.2, 0) is 0 Å². The van der Waals surface area contributed by atoms with Crippen LogP contribution in [-0.4, -0.2) is 9.97 Å². The highest BCUT2D eigenvalue weighted by atomic mass is 127. The molecule has 3 aromatic rings. The summed E-state index contributed by atoms with van der Waals surface area (Å²) in [5.74, 6) is 0.747. The molecule has 0 fully saturated rings. The van der Waals surface area contributed by atoms with E-state index in [1.807, 2.05) is 48.5 Å². The molecule has 1 heterocycles. The molecular weight excluding hydrogens is 339 g/mol. The average molecular weight is 348 g/mol. The molecule has 3 rings (SSSR count). The van der Waals surface area contributed by atoms with E-state index in [0.29, 0.717) is 6.01 Å². The highest BCUT2D eigenvalue weighted by Gasteiger charge is 2.02. The summed E-state index contributed by atoms with van der Waals surface area (Å²) in [6.45, 7) is 0. The van der Waals surface area contributed by atoms with E-state index >= 15 is 0 Å². The summed E-state index contributed by atoms with van der Waals surface area (Å²) in [6, 6.07) is 16.0. The van der Waals surface area contributed by atoms with Crippen molar-refractivity contribution in [3.05, 3.63) is 58.3 Å². The van der Waals surface area contributed by atoms with Gasteiger partial charge < -0.3 is 4.74 Å². The van der Waals surface area contributed by atoms with Crippen molar-refractivity contribution in [1.29, 1.82) is 0 Å². The third-order valence-electron chi connectivity index (χ3n) is 2.47. The van der Waals surface area contributed by atoms with Gasteiger partial charge in [0, 0.05) is 15.2 Å². The number of nitrogens with zero attached hydrogens (tertiary/aromatic N) is 2. The molecule has 0 spiro atoms. The summed E-state index contributed by atoms with van der Waals surface area (Å²) < 4.78 is 6.76. The average Bonchev–Trinajstić information content (AvgIpc) is 2.39. The van der Waals surface area contributed by atoms with Gasteiger partial charge in [-0.05, 0) is 46.9 Å². The first-order valence-electron chi connectivity index (χ1n) is 5.46. The van der Waals surface area contributed by atoms with Crippen molar-refractivity contribution in [3.63, 3.8) is 0 Å². The van der Waals surface area contributed by atoms with Crippen molar-refractivity contribution < 1.29 is 4.74 Å². The number of hydrogen-bond donors (Lipinski definition) is 0. The minimum atomic E-state index is 0.371. The van der Waals surface area contributed by atoms with Gasteiger partial charge in [0.1, 0.15) is 5.75 Å². The summed E-state index contributed by atoms with van der Waals surface area (Å²) in [4.78, 5) is 8.56. The zero-order valence-corrected chi connectivity index (χ0v) is 11.5. The van der Waals surface area contributed by atoms with E-state index < -0.39 is 0 Å². The van der Waals surface area contributed by atoms with Gasteiger partial charge in [-0.2, -0.15) is 4.98 Å². The van der Waals surface area contributed by atoms with Crippen molar-refractivity contribution >= 4 is 33.5 Å². The maximum Gasteiger partial charge on any atom is 0.322 e. The predicted octanol–water partition coefficient (Wildman–Crippen LogP) is 4.03. The van der Waals surface area contributed by atoms with Gasteiger partial charge in [0.2, 0.25) is 0 Å². The predicted molar refractivity (Wildman–Crippen MR) is 78.8 cm³/mol. The van der Waals surface area contributed by atoms with Crippen molar-refractivity contribution in [2.75, 3.05) is 0 Å². The normalized spacial score (nSPS) is 10.5. The molecule has 2 aromatic carbocycles. The van der Waals surface area contributed by atoms with Crippen LogP contribution in [0, 0.1) is 3.57 Å². The minimum Gasteiger partial charge on any atom is -0.424 e. The third-order valence-corrected chi connectivity index (χ3v) is 3.14. The molecule has 0 amide bonds. The van der Waals surface area contributed by atoms with Gasteiger partial charge in [-0.25, -0.2) is 4.98 Å². The molecule has 0 atom stereocenters. The number of aromatic nitrogens is 2. The quantitative estimate of drug-likeness (QED) is 0.656. The van der Waals surface area contributed by atoms with E-state index in [2.05, 4.69) is 32.6 Å². The van der Waals surface area contributed by atoms with Crippen LogP contribution in [0.15, 0.2) is 54.7 Å². The zero-order valence-electron chi connectivity index (χ0n) is 9.38. The zero-order chi connectivity index (χ0) is 12.4. The van der Waals surface area contributed by atoms with Crippen LogP contribution in [0.25, 0.3) is 10.9 Å². The fourth-order valence-electron chi connectivity index (χ4n) is 1.64. The Kier molecular flexibility index (Phi) is 3.10. The number of halogens is 1. The molecule has 0 aliphatic carbocycles. The lowest BCUT2D eigenvalue weighted by atomic mass is 10.2. The summed E-state index contributed by atoms with van der Waals surface area (Å²) in [6.07, 6.45) is 1.77. The standard InChI is InChI=1S/C14H9IN2O/c15-11-5-3-6-12(8-11)18-14-16-9-10-4-1-2-7-13(10)17-14/h1-9H. The first-order chi connectivity index (χ1) is 8.81. The SMILES string of the molecule is Ic1cccc(Oc2ncc3ccccc3n2)c1. The number of para-hydroxylation sites is 1. The summed E-state index contributed by atoms with van der Waals surface area (Å²) in [7, 11) is 0. The Morgan fingerprint density at radius 1 is 1.00 bits per heavy atom. The second-order valence-electron chi connectivity index (χ2n) is 3.77. The minimum absolute atomic E-state index is 0.371. The Morgan fingerprint density at radius 2 is 1.89 bits per heavy atom. The second-order valence-corrected chi connectivity index (χ2v) is 5.02. The van der Waals surface area contributed by atoms with Crippen LogP contribution in [0.5, 0.6) is 11.8 Å². The molecule has 88 valence electrons. The molecule has 0 aliphatic heterocycles. The fraction of sp³-hybridized carbons (Fsp3) is 0. The Morgan fingerprint density at radius 3 is 2.78 bits per heavy atom. The molecule has 0 unspecified atom stereocenters. The van der Waals surface area contributed by atoms with Gasteiger partial charge in [0.05, 0.1) is 5.52 Å². The molecule has 0 bridgehead atoms. The molecule has 0 saturated carbocycles. The molecule has 0 radical (unpaired) electrons. The highest BCUT2D eigenvalue weighted by Crippen LogP contribution is 2.21. The van der Waals surface area contributed by atoms with Crippen LogP contribution in [0.2, 0.25) is 0 Å². The Hall–Kier alpha value is -1.69. The summed E-state index contributed by atoms with van der Waals surface area (Å²) >= 11 is 2.24. The van der Waals surface area contributed by atoms with Gasteiger partial charge in [0.15, 0.2) is 0 Å². The largest absolute Gasteiger partial charge is 0.424 e. The Bertz CT molecular complexity index is 700. The van der Waals surface area contributed by atoms with Crippen molar-refractivity contribution in [3.8, 4) is 11.8 Å². The Balaban J connectivity index is 1.95. The monoisotopic (exact) mass is 348 g/mol. The van der Waals surface area contributed by atoms with Gasteiger partial charge in [0.25, 0.3) is 0 Å². The van der Waals surface area contributed by atoms with E-state index in [9.17, 15) is 0 Å². The van der Waals surface area contributed by atoms with E-state index in [1.165, 1.54) is 0 Å². The third kappa shape index (κ3) is 2.43. The van der Waals surface area contributed by atoms with Crippen LogP contribution in [0.4, 0.5) is 0 Å². The van der Waals surface area contributed by atoms with E-state index in [1.54, 1.807) is 6.20 Å². The van der Waals surface area contributed by atoms with Gasteiger partial charge >= 0.3 is 6.01 Å². The number of hydrogen-bond acceptors (Lipinski definition) is 3. The van der Waals surface area contributed by atoms with Crippen LogP contribution in [0.1, 0.15) is 0 Å². The van der Waals surface area contributed by atoms with Gasteiger partial charge in [-0.1, -0.05) is 24.3 Å². The molecule has 0 N–H and O–H groups in total. The lowest BCUT2D eigenvalue weighted by molar-refractivity contribution is 0.444. The van der Waals surface area contributed by atoms with E-state index in [-0.39, 0.29) is 0 Å². The summed E-state index contributed by atoms with van der Waals surface area (Å²) in [5.41, 5.74) is 0.883. The number of fused-ring (bicyclic) bond motifs is 1. The van der Waals surface area contributed by atoms with E-state index in [4.69, 9.17) is 4.74 Å². The maximum absolute atomic E-state index is 5.64. The summed E-state index contributed by atoms with van der Waals surface area (Å²) in [5, 5.41) is 1.01. The van der Waals surface area contributed by atoms with E-state index in [0.717, 1.165) is 20.2 Å². The van der Waals surface area contributed by atoms with Crippen molar-refractivity contribution in [2.45, 2.75) is 0 Å². The smallest absolute Gasteiger partial charge is 0.322 e.